The Morgan fingerprint density at radius 2 is 1.70 bits per heavy atom. The molecule has 0 aliphatic rings. The molecule has 2 aromatic heterocycles. The van der Waals surface area contributed by atoms with E-state index in [9.17, 15) is 4.79 Å². The van der Waals surface area contributed by atoms with Gasteiger partial charge in [-0.1, -0.05) is 20.8 Å². The molecule has 3 rings (SSSR count). The number of methoxy groups -OCH3 is 1. The molecule has 0 N–H and O–H groups in total. The van der Waals surface area contributed by atoms with Gasteiger partial charge in [0.1, 0.15) is 24.5 Å². The van der Waals surface area contributed by atoms with Crippen LogP contribution >= 0.6 is 0 Å². The monoisotopic (exact) mass is 527 g/mol. The molecule has 0 aliphatic carbocycles. The zero-order valence-electron chi connectivity index (χ0n) is 23.0. The van der Waals surface area contributed by atoms with Gasteiger partial charge < -0.3 is 18.3 Å². The van der Waals surface area contributed by atoms with Gasteiger partial charge in [0.25, 0.3) is 5.91 Å². The van der Waals surface area contributed by atoms with E-state index in [4.69, 9.17) is 23.2 Å². The van der Waals surface area contributed by atoms with Gasteiger partial charge in [-0.05, 0) is 48.5 Å². The zero-order valence-corrected chi connectivity index (χ0v) is 24.0. The summed E-state index contributed by atoms with van der Waals surface area (Å²) in [4.78, 5) is 26.2. The van der Waals surface area contributed by atoms with E-state index in [0.29, 0.717) is 30.5 Å². The van der Waals surface area contributed by atoms with Crippen molar-refractivity contribution in [2.45, 2.75) is 45.3 Å². The largest absolute Gasteiger partial charge is 0.491 e. The third-order valence-electron chi connectivity index (χ3n) is 6.56. The van der Waals surface area contributed by atoms with Crippen molar-refractivity contribution in [1.82, 2.24) is 15.0 Å². The van der Waals surface area contributed by atoms with Gasteiger partial charge in [-0.3, -0.25) is 9.63 Å². The van der Waals surface area contributed by atoms with Crippen LogP contribution in [0.2, 0.25) is 18.1 Å². The molecule has 37 heavy (non-hydrogen) atoms. The van der Waals surface area contributed by atoms with Crippen molar-refractivity contribution in [3.05, 3.63) is 48.5 Å². The lowest BCUT2D eigenvalue weighted by atomic mass is 10.1. The van der Waals surface area contributed by atoms with E-state index in [1.165, 1.54) is 14.2 Å². The standard InChI is InChI=1S/C27H37N3O6Si/c1-27(2,3)37(7,8)35-16-15-34-21-12-9-19(10-13-21)26-25(20-11-14-22(32-5)28-18-20)29-23(36-26)17-24(31)30(4)33-6/h9-14,18H,15-17H2,1-8H3. The Kier molecular flexibility index (Phi) is 9.11. The van der Waals surface area contributed by atoms with Crippen LogP contribution in [0.25, 0.3) is 22.6 Å². The number of ether oxygens (including phenoxy) is 2. The number of pyridine rings is 1. The quantitative estimate of drug-likeness (QED) is 0.186. The topological polar surface area (TPSA) is 96.2 Å². The van der Waals surface area contributed by atoms with E-state index in [1.807, 2.05) is 30.3 Å². The fourth-order valence-electron chi connectivity index (χ4n) is 3.19. The second-order valence-corrected chi connectivity index (χ2v) is 14.9. The number of oxazole rings is 1. The summed E-state index contributed by atoms with van der Waals surface area (Å²) in [6, 6.07) is 11.2. The summed E-state index contributed by atoms with van der Waals surface area (Å²) >= 11 is 0. The number of aromatic nitrogens is 2. The van der Waals surface area contributed by atoms with Crippen molar-refractivity contribution >= 4 is 14.2 Å². The first-order chi connectivity index (χ1) is 17.4. The third-order valence-corrected chi connectivity index (χ3v) is 11.1. The molecule has 0 spiro atoms. The highest BCUT2D eigenvalue weighted by Gasteiger charge is 2.36. The van der Waals surface area contributed by atoms with Crippen LogP contribution in [0, 0.1) is 0 Å². The van der Waals surface area contributed by atoms with Crippen molar-refractivity contribution in [2.24, 2.45) is 0 Å². The lowest BCUT2D eigenvalue weighted by Crippen LogP contribution is -2.41. The molecule has 0 aliphatic heterocycles. The number of hydrogen-bond acceptors (Lipinski definition) is 8. The molecule has 3 aromatic rings. The van der Waals surface area contributed by atoms with Gasteiger partial charge in [-0.15, -0.1) is 0 Å². The molecule has 0 unspecified atom stereocenters. The lowest BCUT2D eigenvalue weighted by molar-refractivity contribution is -0.168. The molecular formula is C27H37N3O6Si. The summed E-state index contributed by atoms with van der Waals surface area (Å²) in [7, 11) is 2.72. The van der Waals surface area contributed by atoms with Gasteiger partial charge in [0.15, 0.2) is 14.1 Å². The van der Waals surface area contributed by atoms with Crippen LogP contribution < -0.4 is 9.47 Å². The molecule has 10 heteroatoms. The Labute approximate surface area is 219 Å². The van der Waals surface area contributed by atoms with Crippen molar-refractivity contribution in [3.63, 3.8) is 0 Å². The minimum atomic E-state index is -1.81. The minimum absolute atomic E-state index is 0.0453. The summed E-state index contributed by atoms with van der Waals surface area (Å²) < 4.78 is 23.3. The molecule has 2 heterocycles. The van der Waals surface area contributed by atoms with Gasteiger partial charge in [0.2, 0.25) is 11.8 Å². The smallest absolute Gasteiger partial charge is 0.255 e. The predicted octanol–water partition coefficient (Wildman–Crippen LogP) is 5.38. The van der Waals surface area contributed by atoms with E-state index in [1.54, 1.807) is 19.4 Å². The van der Waals surface area contributed by atoms with Crippen molar-refractivity contribution in [2.75, 3.05) is 34.5 Å². The number of hydrogen-bond donors (Lipinski definition) is 0. The SMILES string of the molecule is COc1ccc(-c2nc(CC(=O)N(C)OC)oc2-c2ccc(OCCO[Si](C)(C)C(C)(C)C)cc2)cn1. The van der Waals surface area contributed by atoms with Crippen LogP contribution in [-0.2, 0) is 20.5 Å². The number of likely N-dealkylation sites (N-methyl/N-ethyl adjacent to an activating group) is 1. The van der Waals surface area contributed by atoms with Gasteiger partial charge >= 0.3 is 0 Å². The van der Waals surface area contributed by atoms with E-state index in [0.717, 1.165) is 21.9 Å². The van der Waals surface area contributed by atoms with Crippen LogP contribution in [0.5, 0.6) is 11.6 Å². The van der Waals surface area contributed by atoms with Crippen LogP contribution in [0.4, 0.5) is 0 Å². The molecule has 200 valence electrons. The Hall–Kier alpha value is -3.21. The zero-order chi connectivity index (χ0) is 27.2. The van der Waals surface area contributed by atoms with Gasteiger partial charge in [0, 0.05) is 30.4 Å². The van der Waals surface area contributed by atoms with E-state index in [-0.39, 0.29) is 23.3 Å². The molecule has 1 aromatic carbocycles. The summed E-state index contributed by atoms with van der Waals surface area (Å²) in [6.07, 6.45) is 1.61. The first-order valence-electron chi connectivity index (χ1n) is 12.1. The van der Waals surface area contributed by atoms with Gasteiger partial charge in [0.05, 0.1) is 20.8 Å². The highest BCUT2D eigenvalue weighted by Crippen LogP contribution is 2.37. The Bertz CT molecular complexity index is 1170. The number of hydroxylamine groups is 2. The molecular weight excluding hydrogens is 490 g/mol. The van der Waals surface area contributed by atoms with Crippen LogP contribution in [0.15, 0.2) is 47.0 Å². The number of nitrogens with zero attached hydrogens (tertiary/aromatic N) is 3. The lowest BCUT2D eigenvalue weighted by Gasteiger charge is -2.36. The second kappa shape index (κ2) is 11.9. The van der Waals surface area contributed by atoms with Gasteiger partial charge in [-0.25, -0.2) is 15.0 Å². The Morgan fingerprint density at radius 3 is 2.27 bits per heavy atom. The fourth-order valence-corrected chi connectivity index (χ4v) is 4.22. The number of amides is 1. The fraction of sp³-hybridized carbons (Fsp3) is 0.444. The maximum atomic E-state index is 12.4. The van der Waals surface area contributed by atoms with Crippen LogP contribution in [0.3, 0.4) is 0 Å². The van der Waals surface area contributed by atoms with Crippen LogP contribution in [-0.4, -0.2) is 63.7 Å². The predicted molar refractivity (Wildman–Crippen MR) is 144 cm³/mol. The van der Waals surface area contributed by atoms with E-state index < -0.39 is 8.32 Å². The van der Waals surface area contributed by atoms with E-state index in [2.05, 4.69) is 43.8 Å². The van der Waals surface area contributed by atoms with Crippen molar-refractivity contribution in [1.29, 1.82) is 0 Å². The first kappa shape index (κ1) is 28.4. The molecule has 0 bridgehead atoms. The molecule has 1 amide bonds. The van der Waals surface area contributed by atoms with Crippen LogP contribution in [0.1, 0.15) is 26.7 Å². The molecule has 0 saturated heterocycles. The molecule has 0 fully saturated rings. The molecule has 9 nitrogen and oxygen atoms in total. The normalized spacial score (nSPS) is 11.9. The first-order valence-corrected chi connectivity index (χ1v) is 15.0. The third kappa shape index (κ3) is 7.18. The number of carbonyl (C=O) groups is 1. The van der Waals surface area contributed by atoms with Gasteiger partial charge in [-0.2, -0.15) is 0 Å². The van der Waals surface area contributed by atoms with E-state index >= 15 is 0 Å². The highest BCUT2D eigenvalue weighted by atomic mass is 28.4. The van der Waals surface area contributed by atoms with Crippen molar-refractivity contribution < 1.29 is 27.9 Å². The minimum Gasteiger partial charge on any atom is -0.491 e. The maximum absolute atomic E-state index is 12.4. The second-order valence-electron chi connectivity index (χ2n) is 10.1. The average Bonchev–Trinajstić information content (AvgIpc) is 3.29. The van der Waals surface area contributed by atoms with Crippen molar-refractivity contribution in [3.8, 4) is 34.2 Å². The molecule has 0 saturated carbocycles. The summed E-state index contributed by atoms with van der Waals surface area (Å²) in [5.41, 5.74) is 2.11. The summed E-state index contributed by atoms with van der Waals surface area (Å²) in [6.45, 7) is 12.1. The number of carbonyl (C=O) groups excluding carboxylic acids is 1. The maximum Gasteiger partial charge on any atom is 0.255 e. The molecule has 0 radical (unpaired) electrons. The number of rotatable bonds is 11. The highest BCUT2D eigenvalue weighted by molar-refractivity contribution is 6.74. The summed E-state index contributed by atoms with van der Waals surface area (Å²) in [5.74, 6) is 1.75. The average molecular weight is 528 g/mol. The Morgan fingerprint density at radius 1 is 1.03 bits per heavy atom. The number of benzene rings is 1. The Balaban J connectivity index is 1.78. The summed E-state index contributed by atoms with van der Waals surface area (Å²) in [5, 5.41) is 1.30. The molecule has 0 atom stereocenters.